The normalized spacial score (nSPS) is 11.2. The fourth-order valence-electron chi connectivity index (χ4n) is 2.42. The minimum Gasteiger partial charge on any atom is -0.444 e. The van der Waals surface area contributed by atoms with Gasteiger partial charge < -0.3 is 14.6 Å². The number of nitrogens with one attached hydrogen (secondary N) is 2. The summed E-state index contributed by atoms with van der Waals surface area (Å²) in [7, 11) is 0. The van der Waals surface area contributed by atoms with Gasteiger partial charge in [0.15, 0.2) is 0 Å². The van der Waals surface area contributed by atoms with Gasteiger partial charge in [-0.05, 0) is 50.8 Å². The third kappa shape index (κ3) is 5.06. The van der Waals surface area contributed by atoms with Crippen molar-refractivity contribution < 1.29 is 19.5 Å². The van der Waals surface area contributed by atoms with Crippen LogP contribution in [0.5, 0.6) is 0 Å². The fraction of sp³-hybridized carbons (Fsp3) is 0.389. The number of amides is 2. The van der Waals surface area contributed by atoms with E-state index in [0.717, 1.165) is 0 Å². The second-order valence-corrected chi connectivity index (χ2v) is 6.84. The van der Waals surface area contributed by atoms with Gasteiger partial charge in [-0.3, -0.25) is 14.8 Å². The average molecular weight is 361 g/mol. The molecule has 0 atom stereocenters. The van der Waals surface area contributed by atoms with Crippen molar-refractivity contribution in [1.29, 1.82) is 0 Å². The first-order valence-corrected chi connectivity index (χ1v) is 8.26. The van der Waals surface area contributed by atoms with Crippen LogP contribution in [0, 0.1) is 0 Å². The second kappa shape index (κ2) is 8.01. The number of pyridine rings is 1. The van der Waals surface area contributed by atoms with Crippen LogP contribution in [0.15, 0.2) is 35.3 Å². The summed E-state index contributed by atoms with van der Waals surface area (Å²) in [5, 5.41) is 12.4. The van der Waals surface area contributed by atoms with E-state index >= 15 is 0 Å². The minimum absolute atomic E-state index is 0.196. The first kappa shape index (κ1) is 19.5. The van der Waals surface area contributed by atoms with Crippen LogP contribution < -0.4 is 16.4 Å². The Hall–Kier alpha value is -2.87. The van der Waals surface area contributed by atoms with E-state index in [9.17, 15) is 14.4 Å². The molecule has 0 saturated heterocycles. The molecule has 0 spiro atoms. The van der Waals surface area contributed by atoms with E-state index in [1.807, 2.05) is 0 Å². The summed E-state index contributed by atoms with van der Waals surface area (Å²) >= 11 is 0. The zero-order valence-corrected chi connectivity index (χ0v) is 15.0. The smallest absolute Gasteiger partial charge is 0.407 e. The van der Waals surface area contributed by atoms with Gasteiger partial charge in [-0.1, -0.05) is 6.07 Å². The molecule has 0 aliphatic heterocycles. The molecular formula is C18H23N3O5. The van der Waals surface area contributed by atoms with Gasteiger partial charge >= 0.3 is 6.09 Å². The largest absolute Gasteiger partial charge is 0.444 e. The first-order valence-electron chi connectivity index (χ1n) is 8.26. The van der Waals surface area contributed by atoms with Crippen molar-refractivity contribution in [2.75, 3.05) is 6.54 Å². The minimum atomic E-state index is -0.678. The van der Waals surface area contributed by atoms with Crippen LogP contribution in [0.4, 0.5) is 4.79 Å². The molecule has 8 nitrogen and oxygen atoms in total. The highest BCUT2D eigenvalue weighted by molar-refractivity contribution is 5.97. The van der Waals surface area contributed by atoms with E-state index in [1.54, 1.807) is 44.6 Å². The maximum atomic E-state index is 12.6. The van der Waals surface area contributed by atoms with Crippen molar-refractivity contribution in [2.45, 2.75) is 39.3 Å². The molecule has 26 heavy (non-hydrogen) atoms. The highest BCUT2D eigenvalue weighted by Gasteiger charge is 2.15. The maximum absolute atomic E-state index is 12.6. The number of aromatic nitrogens is 1. The molecule has 0 radical (unpaired) electrons. The number of carbonyl (C=O) groups excluding carboxylic acids is 2. The van der Waals surface area contributed by atoms with E-state index < -0.39 is 17.6 Å². The molecule has 0 aliphatic rings. The van der Waals surface area contributed by atoms with Gasteiger partial charge in [0.25, 0.3) is 11.5 Å². The van der Waals surface area contributed by atoms with Gasteiger partial charge in [0.1, 0.15) is 5.60 Å². The monoisotopic (exact) mass is 361 g/mol. The molecule has 8 heteroatoms. The highest BCUT2D eigenvalue weighted by atomic mass is 16.6. The van der Waals surface area contributed by atoms with Crippen LogP contribution in [0.1, 0.15) is 37.6 Å². The number of aryl methyl sites for hydroxylation is 1. The van der Waals surface area contributed by atoms with Crippen molar-refractivity contribution in [2.24, 2.45) is 0 Å². The predicted molar refractivity (Wildman–Crippen MR) is 96.3 cm³/mol. The SMILES string of the molecule is CC(C)(C)OC(=O)NCCCn1ccc2ccc(C(=O)NO)cc2c1=O. The molecule has 1 heterocycles. The molecule has 3 N–H and O–H groups in total. The molecule has 0 saturated carbocycles. The average Bonchev–Trinajstić information content (AvgIpc) is 2.58. The van der Waals surface area contributed by atoms with Crippen molar-refractivity contribution in [3.8, 4) is 0 Å². The number of hydrogen-bond acceptors (Lipinski definition) is 5. The number of alkyl carbamates (subject to hydrolysis) is 1. The Morgan fingerprint density at radius 1 is 1.23 bits per heavy atom. The molecule has 1 aromatic heterocycles. The van der Waals surface area contributed by atoms with Crippen LogP contribution in [-0.4, -0.2) is 33.9 Å². The lowest BCUT2D eigenvalue weighted by molar-refractivity contribution is 0.0526. The van der Waals surface area contributed by atoms with E-state index in [2.05, 4.69) is 5.32 Å². The summed E-state index contributed by atoms with van der Waals surface area (Å²) < 4.78 is 6.65. The lowest BCUT2D eigenvalue weighted by atomic mass is 10.1. The van der Waals surface area contributed by atoms with Crippen LogP contribution in [0.25, 0.3) is 10.8 Å². The van der Waals surface area contributed by atoms with E-state index in [-0.39, 0.29) is 11.1 Å². The summed E-state index contributed by atoms with van der Waals surface area (Å²) in [4.78, 5) is 35.7. The Morgan fingerprint density at radius 2 is 1.96 bits per heavy atom. The number of carbonyl (C=O) groups is 2. The maximum Gasteiger partial charge on any atom is 0.407 e. The van der Waals surface area contributed by atoms with Gasteiger partial charge in [0.05, 0.1) is 0 Å². The Balaban J connectivity index is 2.04. The zero-order chi connectivity index (χ0) is 19.3. The Kier molecular flexibility index (Phi) is 5.99. The summed E-state index contributed by atoms with van der Waals surface area (Å²) in [5.74, 6) is -0.678. The Labute approximate surface area is 150 Å². The number of nitrogens with zero attached hydrogens (tertiary/aromatic N) is 1. The Bertz CT molecular complexity index is 867. The topological polar surface area (TPSA) is 110 Å². The number of benzene rings is 1. The van der Waals surface area contributed by atoms with Gasteiger partial charge in [-0.2, -0.15) is 0 Å². The quantitative estimate of drug-likeness (QED) is 0.429. The molecular weight excluding hydrogens is 338 g/mol. The molecule has 2 rings (SSSR count). The van der Waals surface area contributed by atoms with Gasteiger partial charge in [-0.25, -0.2) is 10.3 Å². The number of rotatable bonds is 5. The van der Waals surface area contributed by atoms with E-state index in [4.69, 9.17) is 9.94 Å². The van der Waals surface area contributed by atoms with Crippen LogP contribution in [0.3, 0.4) is 0 Å². The number of hydroxylamine groups is 1. The van der Waals surface area contributed by atoms with Gasteiger partial charge in [-0.15, -0.1) is 0 Å². The van der Waals surface area contributed by atoms with Crippen molar-refractivity contribution >= 4 is 22.8 Å². The molecule has 0 aliphatic carbocycles. The van der Waals surface area contributed by atoms with Crippen molar-refractivity contribution in [3.05, 3.63) is 46.4 Å². The summed E-state index contributed by atoms with van der Waals surface area (Å²) in [5.41, 5.74) is 0.944. The highest BCUT2D eigenvalue weighted by Crippen LogP contribution is 2.12. The molecule has 0 unspecified atom stereocenters. The third-order valence-electron chi connectivity index (χ3n) is 3.59. The van der Waals surface area contributed by atoms with Crippen molar-refractivity contribution in [1.82, 2.24) is 15.4 Å². The first-order chi connectivity index (χ1) is 12.2. The molecule has 0 bridgehead atoms. The molecule has 1 aromatic carbocycles. The lowest BCUT2D eigenvalue weighted by Gasteiger charge is -2.19. The van der Waals surface area contributed by atoms with Crippen LogP contribution >= 0.6 is 0 Å². The van der Waals surface area contributed by atoms with E-state index in [1.165, 1.54) is 16.7 Å². The fourth-order valence-corrected chi connectivity index (χ4v) is 2.42. The van der Waals surface area contributed by atoms with Crippen LogP contribution in [-0.2, 0) is 11.3 Å². The molecule has 2 amide bonds. The standard InChI is InChI=1S/C18H23N3O5/c1-18(2,3)26-17(24)19-8-4-9-21-10-7-12-5-6-13(15(22)20-25)11-14(12)16(21)23/h5-7,10-11,25H,4,8-9H2,1-3H3,(H,19,24)(H,20,22). The van der Waals surface area contributed by atoms with Crippen LogP contribution in [0.2, 0.25) is 0 Å². The number of fused-ring (bicyclic) bond motifs is 1. The molecule has 2 aromatic rings. The summed E-state index contributed by atoms with van der Waals surface area (Å²) in [6, 6.07) is 6.40. The van der Waals surface area contributed by atoms with Gasteiger partial charge in [0.2, 0.25) is 0 Å². The van der Waals surface area contributed by atoms with E-state index in [0.29, 0.717) is 30.3 Å². The third-order valence-corrected chi connectivity index (χ3v) is 3.59. The van der Waals surface area contributed by atoms with Crippen molar-refractivity contribution in [3.63, 3.8) is 0 Å². The molecule has 140 valence electrons. The number of hydrogen-bond donors (Lipinski definition) is 3. The Morgan fingerprint density at radius 3 is 2.62 bits per heavy atom. The van der Waals surface area contributed by atoms with Gasteiger partial charge in [0, 0.05) is 30.2 Å². The summed E-state index contributed by atoms with van der Waals surface area (Å²) in [6.45, 7) is 6.12. The second-order valence-electron chi connectivity index (χ2n) is 6.84. The lowest BCUT2D eigenvalue weighted by Crippen LogP contribution is -2.33. The molecule has 0 fully saturated rings. The zero-order valence-electron chi connectivity index (χ0n) is 15.0. The summed E-state index contributed by atoms with van der Waals surface area (Å²) in [6.07, 6.45) is 1.72. The predicted octanol–water partition coefficient (Wildman–Crippen LogP) is 2.04. The number of ether oxygens (including phenoxy) is 1.